The number of amidine groups is 1. The van der Waals surface area contributed by atoms with E-state index in [2.05, 4.69) is 15.0 Å². The molecular weight excluding hydrogens is 472 g/mol. The van der Waals surface area contributed by atoms with Crippen LogP contribution in [0.3, 0.4) is 0 Å². The highest BCUT2D eigenvalue weighted by atomic mass is 32.2. The molecule has 0 radical (unpaired) electrons. The van der Waals surface area contributed by atoms with Crippen molar-refractivity contribution in [1.82, 2.24) is 9.03 Å². The van der Waals surface area contributed by atoms with E-state index in [0.29, 0.717) is 43.9 Å². The van der Waals surface area contributed by atoms with Crippen LogP contribution in [0.4, 0.5) is 5.69 Å². The van der Waals surface area contributed by atoms with Crippen molar-refractivity contribution in [2.24, 2.45) is 10.9 Å². The third-order valence-corrected chi connectivity index (χ3v) is 10.00. The molecular formula is C20H24N4O5S3. The Hall–Kier alpha value is -2.28. The normalized spacial score (nSPS) is 20.0. The number of piperidine rings is 1. The average Bonchev–Trinajstić information content (AvgIpc) is 3.48. The minimum absolute atomic E-state index is 0.0236. The van der Waals surface area contributed by atoms with Crippen molar-refractivity contribution < 1.29 is 21.6 Å². The number of nitrogens with zero attached hydrogens (tertiary/aromatic N) is 2. The second-order valence-corrected chi connectivity index (χ2v) is 12.5. The fourth-order valence-corrected chi connectivity index (χ4v) is 7.54. The minimum atomic E-state index is -3.80. The summed E-state index contributed by atoms with van der Waals surface area (Å²) >= 11 is 1.15. The van der Waals surface area contributed by atoms with Gasteiger partial charge in [0.05, 0.1) is 10.8 Å². The fraction of sp³-hybridized carbons (Fsp3) is 0.400. The predicted molar refractivity (Wildman–Crippen MR) is 123 cm³/mol. The van der Waals surface area contributed by atoms with Crippen LogP contribution < -0.4 is 10.0 Å². The molecule has 172 valence electrons. The first-order valence-corrected chi connectivity index (χ1v) is 14.1. The summed E-state index contributed by atoms with van der Waals surface area (Å²) < 4.78 is 54.9. The highest BCUT2D eigenvalue weighted by Crippen LogP contribution is 2.27. The lowest BCUT2D eigenvalue weighted by Crippen LogP contribution is -2.43. The zero-order chi connectivity index (χ0) is 22.8. The van der Waals surface area contributed by atoms with Crippen LogP contribution in [0.25, 0.3) is 0 Å². The van der Waals surface area contributed by atoms with E-state index in [1.54, 1.807) is 29.6 Å². The van der Waals surface area contributed by atoms with Crippen LogP contribution in [0.5, 0.6) is 0 Å². The van der Waals surface area contributed by atoms with Gasteiger partial charge in [-0.1, -0.05) is 12.1 Å². The zero-order valence-corrected chi connectivity index (χ0v) is 19.7. The third-order valence-electron chi connectivity index (χ3n) is 5.38. The van der Waals surface area contributed by atoms with Gasteiger partial charge in [-0.05, 0) is 48.9 Å². The molecule has 1 fully saturated rings. The molecule has 2 N–H and O–H groups in total. The summed E-state index contributed by atoms with van der Waals surface area (Å²) in [7, 11) is -7.42. The molecule has 2 aliphatic rings. The van der Waals surface area contributed by atoms with Crippen molar-refractivity contribution in [2.45, 2.75) is 34.8 Å². The lowest BCUT2D eigenvalue weighted by molar-refractivity contribution is -0.120. The van der Waals surface area contributed by atoms with Crippen molar-refractivity contribution in [3.63, 3.8) is 0 Å². The molecule has 32 heavy (non-hydrogen) atoms. The number of rotatable bonds is 6. The second-order valence-electron chi connectivity index (χ2n) is 7.69. The SMILES string of the molecule is O=C(Nc1cccc(S(=O)(=O)NC2=NCCC2)c1)C1CCCN(S(=O)(=O)c2cccs2)C1. The van der Waals surface area contributed by atoms with E-state index in [9.17, 15) is 21.6 Å². The van der Waals surface area contributed by atoms with E-state index in [4.69, 9.17) is 0 Å². The Morgan fingerprint density at radius 3 is 2.69 bits per heavy atom. The molecule has 1 saturated heterocycles. The van der Waals surface area contributed by atoms with Gasteiger partial charge in [0.1, 0.15) is 10.0 Å². The molecule has 9 nitrogen and oxygen atoms in total. The van der Waals surface area contributed by atoms with Gasteiger partial charge in [-0.3, -0.25) is 14.5 Å². The molecule has 1 amide bonds. The van der Waals surface area contributed by atoms with Crippen molar-refractivity contribution in [3.05, 3.63) is 41.8 Å². The van der Waals surface area contributed by atoms with Gasteiger partial charge in [0, 0.05) is 31.7 Å². The number of amides is 1. The first kappa shape index (κ1) is 22.9. The Kier molecular flexibility index (Phi) is 6.65. The van der Waals surface area contributed by atoms with Crippen molar-refractivity contribution >= 4 is 48.8 Å². The monoisotopic (exact) mass is 496 g/mol. The number of aliphatic imine (C=N–C) groups is 1. The van der Waals surface area contributed by atoms with Gasteiger partial charge < -0.3 is 5.32 Å². The van der Waals surface area contributed by atoms with Gasteiger partial charge in [0.15, 0.2) is 0 Å². The predicted octanol–water partition coefficient (Wildman–Crippen LogP) is 2.26. The number of benzene rings is 1. The van der Waals surface area contributed by atoms with Crippen molar-refractivity contribution in [1.29, 1.82) is 0 Å². The molecule has 0 spiro atoms. The number of carbonyl (C=O) groups is 1. The summed E-state index contributed by atoms with van der Waals surface area (Å²) in [4.78, 5) is 17.0. The molecule has 1 aromatic carbocycles. The quantitative estimate of drug-likeness (QED) is 0.635. The highest BCUT2D eigenvalue weighted by Gasteiger charge is 2.34. The van der Waals surface area contributed by atoms with E-state index in [-0.39, 0.29) is 21.6 Å². The molecule has 0 aliphatic carbocycles. The van der Waals surface area contributed by atoms with Crippen molar-refractivity contribution in [2.75, 3.05) is 25.0 Å². The van der Waals surface area contributed by atoms with Gasteiger partial charge in [0.2, 0.25) is 5.91 Å². The molecule has 1 atom stereocenters. The summed E-state index contributed by atoms with van der Waals surface area (Å²) in [5.41, 5.74) is 0.337. The van der Waals surface area contributed by atoms with Crippen LogP contribution in [-0.4, -0.2) is 52.5 Å². The van der Waals surface area contributed by atoms with Crippen LogP contribution in [0, 0.1) is 5.92 Å². The maximum atomic E-state index is 12.9. The van der Waals surface area contributed by atoms with E-state index in [0.717, 1.165) is 17.8 Å². The van der Waals surface area contributed by atoms with Gasteiger partial charge >= 0.3 is 0 Å². The van der Waals surface area contributed by atoms with Crippen LogP contribution in [0.1, 0.15) is 25.7 Å². The lowest BCUT2D eigenvalue weighted by Gasteiger charge is -2.30. The number of carbonyl (C=O) groups excluding carboxylic acids is 1. The van der Waals surface area contributed by atoms with Crippen LogP contribution in [0.15, 0.2) is 55.9 Å². The van der Waals surface area contributed by atoms with Gasteiger partial charge in [-0.15, -0.1) is 11.3 Å². The van der Waals surface area contributed by atoms with E-state index in [1.165, 1.54) is 16.4 Å². The summed E-state index contributed by atoms with van der Waals surface area (Å²) in [5, 5.41) is 4.45. The van der Waals surface area contributed by atoms with Crippen LogP contribution in [-0.2, 0) is 24.8 Å². The average molecular weight is 497 g/mol. The number of thiophene rings is 1. The smallest absolute Gasteiger partial charge is 0.262 e. The third kappa shape index (κ3) is 5.03. The number of nitrogens with one attached hydrogen (secondary N) is 2. The second kappa shape index (κ2) is 9.30. The molecule has 1 aromatic heterocycles. The number of hydrogen-bond donors (Lipinski definition) is 2. The Labute approximate surface area is 191 Å². The first-order chi connectivity index (χ1) is 15.3. The molecule has 2 aromatic rings. The molecule has 12 heteroatoms. The first-order valence-electron chi connectivity index (χ1n) is 10.3. The maximum Gasteiger partial charge on any atom is 0.262 e. The Bertz CT molecular complexity index is 1220. The summed E-state index contributed by atoms with van der Waals surface area (Å²) in [6, 6.07) is 9.23. The molecule has 0 bridgehead atoms. The molecule has 0 saturated carbocycles. The number of sulfonamides is 2. The Morgan fingerprint density at radius 2 is 1.97 bits per heavy atom. The summed E-state index contributed by atoms with van der Waals surface area (Å²) in [5.74, 6) is -0.419. The number of hydrogen-bond acceptors (Lipinski definition) is 7. The van der Waals surface area contributed by atoms with E-state index in [1.807, 2.05) is 0 Å². The highest BCUT2D eigenvalue weighted by molar-refractivity contribution is 7.91. The number of anilines is 1. The maximum absolute atomic E-state index is 12.9. The van der Waals surface area contributed by atoms with Gasteiger partial charge in [0.25, 0.3) is 20.0 Å². The molecule has 1 unspecified atom stereocenters. The van der Waals surface area contributed by atoms with Gasteiger partial charge in [-0.2, -0.15) is 4.31 Å². The van der Waals surface area contributed by atoms with Crippen LogP contribution in [0.2, 0.25) is 0 Å². The largest absolute Gasteiger partial charge is 0.326 e. The minimum Gasteiger partial charge on any atom is -0.326 e. The molecule has 3 heterocycles. The van der Waals surface area contributed by atoms with Gasteiger partial charge in [-0.25, -0.2) is 16.8 Å². The van der Waals surface area contributed by atoms with Crippen LogP contribution >= 0.6 is 11.3 Å². The Balaban J connectivity index is 1.44. The summed E-state index contributed by atoms with van der Waals surface area (Å²) in [6.07, 6.45) is 2.53. The van der Waals surface area contributed by atoms with Crippen molar-refractivity contribution in [3.8, 4) is 0 Å². The Morgan fingerprint density at radius 1 is 1.12 bits per heavy atom. The topological polar surface area (TPSA) is 125 Å². The zero-order valence-electron chi connectivity index (χ0n) is 17.2. The lowest BCUT2D eigenvalue weighted by atomic mass is 9.99. The van der Waals surface area contributed by atoms with E-state index < -0.39 is 26.0 Å². The molecule has 2 aliphatic heterocycles. The standard InChI is InChI=1S/C20H24N4O5S3/c25-20(15-5-3-11-24(14-15)32(28,29)19-9-4-12-30-19)22-16-6-1-7-17(13-16)31(26,27)23-18-8-2-10-21-18/h1,4,6-7,9,12-13,15H,2-3,5,8,10-11,14H2,(H,21,23)(H,22,25). The molecule has 4 rings (SSSR count). The fourth-order valence-electron chi connectivity index (χ4n) is 3.73. The summed E-state index contributed by atoms with van der Waals surface area (Å²) in [6.45, 7) is 1.06. The van der Waals surface area contributed by atoms with E-state index >= 15 is 0 Å².